The molecule has 1 aromatic rings. The van der Waals surface area contributed by atoms with Gasteiger partial charge in [-0.3, -0.25) is 0 Å². The third-order valence-electron chi connectivity index (χ3n) is 3.59. The lowest BCUT2D eigenvalue weighted by atomic mass is 10.2. The molecule has 0 radical (unpaired) electrons. The number of ether oxygens (including phenoxy) is 1. The molecular formula is C17H29N3OS. The highest BCUT2D eigenvalue weighted by atomic mass is 32.1. The Labute approximate surface area is 140 Å². The molecule has 0 aliphatic heterocycles. The molecule has 4 nitrogen and oxygen atoms in total. The minimum absolute atomic E-state index is 0.683. The molecule has 1 rings (SSSR count). The van der Waals surface area contributed by atoms with Crippen LogP contribution < -0.4 is 10.2 Å². The SMILES string of the molecule is CCCN(CCOC)C(=S)Nc1ccc(N(CC)CC)cc1. The predicted octanol–water partition coefficient (Wildman–Crippen LogP) is 3.59. The van der Waals surface area contributed by atoms with Crippen LogP contribution in [-0.4, -0.2) is 49.9 Å². The van der Waals surface area contributed by atoms with E-state index >= 15 is 0 Å². The van der Waals surface area contributed by atoms with Gasteiger partial charge in [0, 0.05) is 44.7 Å². The lowest BCUT2D eigenvalue weighted by molar-refractivity contribution is 0.177. The quantitative estimate of drug-likeness (QED) is 0.701. The van der Waals surface area contributed by atoms with Crippen LogP contribution in [0, 0.1) is 0 Å². The van der Waals surface area contributed by atoms with Gasteiger partial charge in [0.2, 0.25) is 0 Å². The second-order valence-electron chi connectivity index (χ2n) is 5.13. The van der Waals surface area contributed by atoms with Crippen molar-refractivity contribution in [3.8, 4) is 0 Å². The molecular weight excluding hydrogens is 294 g/mol. The van der Waals surface area contributed by atoms with Crippen LogP contribution >= 0.6 is 12.2 Å². The molecule has 0 spiro atoms. The maximum Gasteiger partial charge on any atom is 0.173 e. The molecule has 124 valence electrons. The molecule has 0 saturated heterocycles. The van der Waals surface area contributed by atoms with E-state index in [2.05, 4.69) is 60.2 Å². The summed E-state index contributed by atoms with van der Waals surface area (Å²) in [5.74, 6) is 0. The van der Waals surface area contributed by atoms with E-state index in [9.17, 15) is 0 Å². The second-order valence-corrected chi connectivity index (χ2v) is 5.52. The number of anilines is 2. The molecule has 0 saturated carbocycles. The van der Waals surface area contributed by atoms with Crippen LogP contribution in [0.15, 0.2) is 24.3 Å². The minimum atomic E-state index is 0.683. The van der Waals surface area contributed by atoms with Crippen molar-refractivity contribution in [2.45, 2.75) is 27.2 Å². The molecule has 0 bridgehead atoms. The van der Waals surface area contributed by atoms with Crippen molar-refractivity contribution in [1.29, 1.82) is 0 Å². The summed E-state index contributed by atoms with van der Waals surface area (Å²) in [4.78, 5) is 4.47. The Morgan fingerprint density at radius 3 is 2.23 bits per heavy atom. The molecule has 0 heterocycles. The standard InChI is InChI=1S/C17H29N3OS/c1-5-12-20(13-14-21-4)17(22)18-15-8-10-16(11-9-15)19(6-2)7-3/h8-11H,5-7,12-14H2,1-4H3,(H,18,22). The summed E-state index contributed by atoms with van der Waals surface area (Å²) in [5, 5.41) is 4.08. The first-order valence-electron chi connectivity index (χ1n) is 8.06. The summed E-state index contributed by atoms with van der Waals surface area (Å²) < 4.78 is 5.15. The van der Waals surface area contributed by atoms with Crippen molar-refractivity contribution in [1.82, 2.24) is 4.90 Å². The summed E-state index contributed by atoms with van der Waals surface area (Å²) in [7, 11) is 1.71. The van der Waals surface area contributed by atoms with Crippen molar-refractivity contribution < 1.29 is 4.74 Å². The van der Waals surface area contributed by atoms with Crippen molar-refractivity contribution in [3.63, 3.8) is 0 Å². The Bertz CT molecular complexity index is 432. The molecule has 0 aliphatic carbocycles. The monoisotopic (exact) mass is 323 g/mol. The van der Waals surface area contributed by atoms with E-state index in [1.807, 2.05) is 0 Å². The van der Waals surface area contributed by atoms with Crippen molar-refractivity contribution in [3.05, 3.63) is 24.3 Å². The third kappa shape index (κ3) is 5.81. The summed E-state index contributed by atoms with van der Waals surface area (Å²) in [6, 6.07) is 8.44. The normalized spacial score (nSPS) is 10.4. The molecule has 0 aromatic heterocycles. The van der Waals surface area contributed by atoms with Crippen LogP contribution in [0.5, 0.6) is 0 Å². The molecule has 1 N–H and O–H groups in total. The zero-order valence-corrected chi connectivity index (χ0v) is 15.1. The lowest BCUT2D eigenvalue weighted by Crippen LogP contribution is -2.37. The maximum absolute atomic E-state index is 5.52. The smallest absolute Gasteiger partial charge is 0.173 e. The van der Waals surface area contributed by atoms with Gasteiger partial charge in [-0.2, -0.15) is 0 Å². The van der Waals surface area contributed by atoms with Crippen LogP contribution in [0.4, 0.5) is 11.4 Å². The van der Waals surface area contributed by atoms with E-state index < -0.39 is 0 Å². The second kappa shape index (κ2) is 10.4. The minimum Gasteiger partial charge on any atom is -0.383 e. The topological polar surface area (TPSA) is 27.7 Å². The Hall–Kier alpha value is -1.33. The lowest BCUT2D eigenvalue weighted by Gasteiger charge is -2.25. The molecule has 5 heteroatoms. The molecule has 0 unspecified atom stereocenters. The highest BCUT2D eigenvalue weighted by Gasteiger charge is 2.09. The maximum atomic E-state index is 5.52. The van der Waals surface area contributed by atoms with E-state index in [0.29, 0.717) is 6.61 Å². The van der Waals surface area contributed by atoms with Gasteiger partial charge in [0.05, 0.1) is 6.61 Å². The van der Waals surface area contributed by atoms with Crippen LogP contribution in [0.2, 0.25) is 0 Å². The first-order valence-corrected chi connectivity index (χ1v) is 8.46. The van der Waals surface area contributed by atoms with Gasteiger partial charge in [-0.25, -0.2) is 0 Å². The molecule has 0 aliphatic rings. The first-order chi connectivity index (χ1) is 10.7. The number of nitrogens with zero attached hydrogens (tertiary/aromatic N) is 2. The zero-order valence-electron chi connectivity index (χ0n) is 14.3. The summed E-state index contributed by atoms with van der Waals surface area (Å²) in [6.07, 6.45) is 1.06. The number of hydrogen-bond donors (Lipinski definition) is 1. The van der Waals surface area contributed by atoms with Gasteiger partial charge < -0.3 is 19.9 Å². The first kappa shape index (κ1) is 18.7. The molecule has 22 heavy (non-hydrogen) atoms. The molecule has 0 amide bonds. The summed E-state index contributed by atoms with van der Waals surface area (Å²) in [5.41, 5.74) is 2.27. The van der Waals surface area contributed by atoms with Crippen LogP contribution in [0.1, 0.15) is 27.2 Å². The predicted molar refractivity (Wildman–Crippen MR) is 100.0 cm³/mol. The number of rotatable bonds is 9. The highest BCUT2D eigenvalue weighted by Crippen LogP contribution is 2.18. The van der Waals surface area contributed by atoms with E-state index in [-0.39, 0.29) is 0 Å². The Morgan fingerprint density at radius 2 is 1.73 bits per heavy atom. The Balaban J connectivity index is 2.66. The number of thiocarbonyl (C=S) groups is 1. The fourth-order valence-electron chi connectivity index (χ4n) is 2.33. The van der Waals surface area contributed by atoms with E-state index in [0.717, 1.165) is 43.4 Å². The van der Waals surface area contributed by atoms with Gasteiger partial charge in [-0.05, 0) is 56.8 Å². The van der Waals surface area contributed by atoms with Crippen molar-refractivity contribution in [2.24, 2.45) is 0 Å². The molecule has 0 fully saturated rings. The fourth-order valence-corrected chi connectivity index (χ4v) is 2.63. The zero-order chi connectivity index (χ0) is 16.4. The highest BCUT2D eigenvalue weighted by molar-refractivity contribution is 7.80. The van der Waals surface area contributed by atoms with Gasteiger partial charge >= 0.3 is 0 Å². The van der Waals surface area contributed by atoms with Gasteiger partial charge in [0.15, 0.2) is 5.11 Å². The van der Waals surface area contributed by atoms with Crippen LogP contribution in [0.3, 0.4) is 0 Å². The number of benzene rings is 1. The van der Waals surface area contributed by atoms with Crippen molar-refractivity contribution in [2.75, 3.05) is 50.1 Å². The van der Waals surface area contributed by atoms with Crippen LogP contribution in [0.25, 0.3) is 0 Å². The summed E-state index contributed by atoms with van der Waals surface area (Å²) >= 11 is 5.52. The van der Waals surface area contributed by atoms with E-state index in [1.54, 1.807) is 7.11 Å². The number of hydrogen-bond acceptors (Lipinski definition) is 3. The average Bonchev–Trinajstić information content (AvgIpc) is 2.54. The average molecular weight is 324 g/mol. The largest absolute Gasteiger partial charge is 0.383 e. The van der Waals surface area contributed by atoms with Gasteiger partial charge in [0.1, 0.15) is 0 Å². The number of methoxy groups -OCH3 is 1. The summed E-state index contributed by atoms with van der Waals surface area (Å²) in [6.45, 7) is 11.0. The van der Waals surface area contributed by atoms with Gasteiger partial charge in [-0.1, -0.05) is 6.92 Å². The molecule has 0 atom stereocenters. The van der Waals surface area contributed by atoms with Gasteiger partial charge in [0.25, 0.3) is 0 Å². The number of nitrogens with one attached hydrogen (secondary N) is 1. The van der Waals surface area contributed by atoms with Crippen molar-refractivity contribution >= 4 is 28.7 Å². The van der Waals surface area contributed by atoms with Gasteiger partial charge in [-0.15, -0.1) is 0 Å². The third-order valence-corrected chi connectivity index (χ3v) is 3.95. The Morgan fingerprint density at radius 1 is 1.09 bits per heavy atom. The van der Waals surface area contributed by atoms with E-state index in [1.165, 1.54) is 5.69 Å². The molecule has 1 aromatic carbocycles. The fraction of sp³-hybridized carbons (Fsp3) is 0.588. The van der Waals surface area contributed by atoms with E-state index in [4.69, 9.17) is 17.0 Å². The Kier molecular flexibility index (Phi) is 8.85. The van der Waals surface area contributed by atoms with Crippen LogP contribution in [-0.2, 0) is 4.74 Å².